The molecule has 0 spiro atoms. The Bertz CT molecular complexity index is 1230. The van der Waals surface area contributed by atoms with Gasteiger partial charge in [0, 0.05) is 18.4 Å². The molecule has 0 saturated carbocycles. The molecule has 4 aromatic rings. The average molecular weight is 439 g/mol. The zero-order chi connectivity index (χ0) is 22.2. The van der Waals surface area contributed by atoms with E-state index in [9.17, 15) is 10.2 Å². The number of imidazole rings is 1. The van der Waals surface area contributed by atoms with E-state index >= 15 is 0 Å². The molecule has 1 fully saturated rings. The summed E-state index contributed by atoms with van der Waals surface area (Å²) < 4.78 is 12.4. The lowest BCUT2D eigenvalue weighted by Crippen LogP contribution is -2.33. The van der Waals surface area contributed by atoms with Crippen LogP contribution in [0.15, 0.2) is 36.9 Å². The predicted molar refractivity (Wildman–Crippen MR) is 111 cm³/mol. The molecule has 0 aliphatic carbocycles. The lowest BCUT2D eigenvalue weighted by molar-refractivity contribution is -0.0580. The van der Waals surface area contributed by atoms with Crippen molar-refractivity contribution in [3.8, 4) is 11.4 Å². The van der Waals surface area contributed by atoms with Gasteiger partial charge in [-0.25, -0.2) is 15.0 Å². The highest BCUT2D eigenvalue weighted by Gasteiger charge is 2.44. The third-order valence-electron chi connectivity index (χ3n) is 5.22. The van der Waals surface area contributed by atoms with E-state index in [1.165, 1.54) is 24.6 Å². The highest BCUT2D eigenvalue weighted by molar-refractivity contribution is 5.85. The van der Waals surface area contributed by atoms with Crippen LogP contribution in [0, 0.1) is 0 Å². The number of anilines is 2. The maximum atomic E-state index is 10.5. The molecule has 166 valence electrons. The minimum atomic E-state index is -1.15. The molecule has 5 rings (SSSR count). The summed E-state index contributed by atoms with van der Waals surface area (Å²) in [6, 6.07) is 7.48. The van der Waals surface area contributed by atoms with Gasteiger partial charge in [-0.15, -0.1) is 10.2 Å². The molecule has 3 aromatic heterocycles. The number of aryl methyl sites for hydroxylation is 1. The van der Waals surface area contributed by atoms with Crippen LogP contribution in [0.4, 0.5) is 11.5 Å². The summed E-state index contributed by atoms with van der Waals surface area (Å²) in [5, 5.41) is 35.9. The van der Waals surface area contributed by atoms with Crippen molar-refractivity contribution in [2.24, 2.45) is 7.05 Å². The summed E-state index contributed by atoms with van der Waals surface area (Å²) in [7, 11) is 3.21. The van der Waals surface area contributed by atoms with Crippen molar-refractivity contribution < 1.29 is 19.7 Å². The van der Waals surface area contributed by atoms with Crippen LogP contribution in [0.3, 0.4) is 0 Å². The molecule has 1 aromatic carbocycles. The lowest BCUT2D eigenvalue weighted by atomic mass is 10.1. The first-order valence-corrected chi connectivity index (χ1v) is 9.84. The van der Waals surface area contributed by atoms with Crippen LogP contribution in [0.1, 0.15) is 6.23 Å². The number of fused-ring (bicyclic) bond motifs is 1. The summed E-state index contributed by atoms with van der Waals surface area (Å²) in [5.74, 6) is 1.02. The van der Waals surface area contributed by atoms with Crippen LogP contribution in [0.2, 0.25) is 0 Å². The first kappa shape index (κ1) is 20.4. The number of ether oxygens (including phenoxy) is 2. The van der Waals surface area contributed by atoms with Gasteiger partial charge in [0.2, 0.25) is 5.82 Å². The van der Waals surface area contributed by atoms with E-state index in [1.807, 2.05) is 24.3 Å². The fourth-order valence-corrected chi connectivity index (χ4v) is 3.63. The van der Waals surface area contributed by atoms with Crippen molar-refractivity contribution in [2.45, 2.75) is 24.5 Å². The Hall–Kier alpha value is -3.52. The van der Waals surface area contributed by atoms with Crippen LogP contribution in [0.5, 0.6) is 0 Å². The van der Waals surface area contributed by atoms with E-state index in [4.69, 9.17) is 9.47 Å². The van der Waals surface area contributed by atoms with Gasteiger partial charge in [0.15, 0.2) is 23.2 Å². The van der Waals surface area contributed by atoms with E-state index < -0.39 is 24.5 Å². The normalized spacial score (nSPS) is 23.1. The van der Waals surface area contributed by atoms with E-state index in [0.717, 1.165) is 11.3 Å². The van der Waals surface area contributed by atoms with Crippen molar-refractivity contribution >= 4 is 22.7 Å². The third kappa shape index (κ3) is 3.56. The summed E-state index contributed by atoms with van der Waals surface area (Å²) in [6.07, 6.45) is -0.843. The number of aliphatic hydroxyl groups is 2. The van der Waals surface area contributed by atoms with Gasteiger partial charge in [0.25, 0.3) is 0 Å². The second-order valence-corrected chi connectivity index (χ2v) is 7.35. The molecule has 0 radical (unpaired) electrons. The number of benzene rings is 1. The Labute approximate surface area is 181 Å². The van der Waals surface area contributed by atoms with Gasteiger partial charge in [0.05, 0.1) is 20.0 Å². The highest BCUT2D eigenvalue weighted by Crippen LogP contribution is 2.33. The number of aliphatic hydroxyl groups excluding tert-OH is 2. The summed E-state index contributed by atoms with van der Waals surface area (Å²) >= 11 is 0. The minimum Gasteiger partial charge on any atom is -0.387 e. The van der Waals surface area contributed by atoms with Crippen LogP contribution in [-0.2, 0) is 16.5 Å². The number of hydrogen-bond acceptors (Lipinski definition) is 11. The molecular weight excluding hydrogens is 418 g/mol. The van der Waals surface area contributed by atoms with Gasteiger partial charge in [-0.1, -0.05) is 0 Å². The Morgan fingerprint density at radius 2 is 1.94 bits per heavy atom. The molecule has 4 heterocycles. The molecule has 13 heteroatoms. The Morgan fingerprint density at radius 3 is 2.66 bits per heavy atom. The number of nitrogens with zero attached hydrogens (tertiary/aromatic N) is 8. The lowest BCUT2D eigenvalue weighted by Gasteiger charge is -2.16. The van der Waals surface area contributed by atoms with E-state index in [2.05, 4.69) is 35.7 Å². The highest BCUT2D eigenvalue weighted by atomic mass is 16.6. The molecule has 0 bridgehead atoms. The van der Waals surface area contributed by atoms with E-state index in [1.54, 1.807) is 11.6 Å². The van der Waals surface area contributed by atoms with Crippen molar-refractivity contribution in [3.63, 3.8) is 0 Å². The molecule has 32 heavy (non-hydrogen) atoms. The van der Waals surface area contributed by atoms with Crippen LogP contribution < -0.4 is 5.32 Å². The Morgan fingerprint density at radius 1 is 1.12 bits per heavy atom. The fraction of sp³-hybridized carbons (Fsp3) is 0.368. The molecule has 3 N–H and O–H groups in total. The van der Waals surface area contributed by atoms with Crippen LogP contribution in [0.25, 0.3) is 22.6 Å². The molecule has 1 aliphatic heterocycles. The topological polar surface area (TPSA) is 158 Å². The van der Waals surface area contributed by atoms with Crippen LogP contribution >= 0.6 is 0 Å². The smallest absolute Gasteiger partial charge is 0.204 e. The zero-order valence-electron chi connectivity index (χ0n) is 17.3. The molecule has 4 atom stereocenters. The van der Waals surface area contributed by atoms with E-state index in [-0.39, 0.29) is 6.61 Å². The van der Waals surface area contributed by atoms with Gasteiger partial charge < -0.3 is 25.0 Å². The number of methoxy groups -OCH3 is 1. The molecule has 2 unspecified atom stereocenters. The number of nitrogens with one attached hydrogen (secondary N) is 1. The third-order valence-corrected chi connectivity index (χ3v) is 5.22. The zero-order valence-corrected chi connectivity index (χ0v) is 17.3. The van der Waals surface area contributed by atoms with Gasteiger partial charge in [-0.05, 0) is 29.5 Å². The maximum Gasteiger partial charge on any atom is 0.204 e. The molecule has 1 aliphatic rings. The average Bonchev–Trinajstić information content (AvgIpc) is 3.49. The van der Waals surface area contributed by atoms with Crippen molar-refractivity contribution in [3.05, 3.63) is 36.9 Å². The number of hydrogen-bond donors (Lipinski definition) is 3. The first-order chi connectivity index (χ1) is 15.5. The molecule has 0 amide bonds. The fourth-order valence-electron chi connectivity index (χ4n) is 3.63. The van der Waals surface area contributed by atoms with Crippen LogP contribution in [-0.4, -0.2) is 82.0 Å². The summed E-state index contributed by atoms with van der Waals surface area (Å²) in [5.41, 5.74) is 2.56. The minimum absolute atomic E-state index is 0.156. The van der Waals surface area contributed by atoms with Crippen molar-refractivity contribution in [2.75, 3.05) is 19.0 Å². The van der Waals surface area contributed by atoms with Crippen molar-refractivity contribution in [1.29, 1.82) is 0 Å². The van der Waals surface area contributed by atoms with Gasteiger partial charge in [0.1, 0.15) is 24.6 Å². The Balaban J connectivity index is 1.40. The predicted octanol–water partition coefficient (Wildman–Crippen LogP) is 0.0260. The largest absolute Gasteiger partial charge is 0.387 e. The maximum absolute atomic E-state index is 10.5. The SMILES string of the molecule is COC[C@H]1O[C@@H](n2cnc3c(Nc4ccc(-c5nnn(C)n5)cc4)ncnc32)C(O)C1O. The van der Waals surface area contributed by atoms with Gasteiger partial charge in [-0.3, -0.25) is 4.57 Å². The monoisotopic (exact) mass is 439 g/mol. The second kappa shape index (κ2) is 8.20. The molecular formula is C19H21N9O4. The van der Waals surface area contributed by atoms with Crippen molar-refractivity contribution in [1.82, 2.24) is 39.7 Å². The van der Waals surface area contributed by atoms with Gasteiger partial charge in [-0.2, -0.15) is 4.80 Å². The number of tetrazole rings is 1. The Kier molecular flexibility index (Phi) is 5.22. The first-order valence-electron chi connectivity index (χ1n) is 9.84. The van der Waals surface area contributed by atoms with Gasteiger partial charge >= 0.3 is 0 Å². The summed E-state index contributed by atoms with van der Waals surface area (Å²) in [6.45, 7) is 0.156. The molecule has 13 nitrogen and oxygen atoms in total. The standard InChI is InChI=1S/C19H21N9O4/c1-27-25-16(24-26-27)10-3-5-11(6-4-10)23-17-13-18(21-8-20-17)28(9-22-13)19-15(30)14(29)12(32-19)7-31-2/h3-6,8-9,12,14-15,19,29-30H,7H2,1-2H3,(H,20,21,23)/t12-,14?,15?,19-/m1/s1. The quantitative estimate of drug-likeness (QED) is 0.372. The molecule has 1 saturated heterocycles. The number of aromatic nitrogens is 8. The second-order valence-electron chi connectivity index (χ2n) is 7.35. The summed E-state index contributed by atoms with van der Waals surface area (Å²) in [4.78, 5) is 14.4. The van der Waals surface area contributed by atoms with E-state index in [0.29, 0.717) is 22.8 Å². The number of rotatable bonds is 6.